The molecule has 0 bridgehead atoms. The fourth-order valence-electron chi connectivity index (χ4n) is 4.13. The van der Waals surface area contributed by atoms with Crippen LogP contribution in [-0.2, 0) is 33.8 Å². The van der Waals surface area contributed by atoms with E-state index in [-0.39, 0.29) is 50.0 Å². The minimum Gasteiger partial charge on any atom is -0.480 e. The molecule has 0 aliphatic carbocycles. The topological polar surface area (TPSA) is 77.9 Å². The van der Waals surface area contributed by atoms with Crippen LogP contribution in [0.15, 0.2) is 42.5 Å². The van der Waals surface area contributed by atoms with Crippen molar-refractivity contribution in [3.05, 3.63) is 65.0 Å². The third-order valence-corrected chi connectivity index (χ3v) is 5.64. The Morgan fingerprint density at radius 1 is 1.07 bits per heavy atom. The van der Waals surface area contributed by atoms with E-state index in [1.54, 1.807) is 6.07 Å². The zero-order valence-electron chi connectivity index (χ0n) is 15.8. The van der Waals surface area contributed by atoms with E-state index in [4.69, 9.17) is 0 Å². The third kappa shape index (κ3) is 3.72. The molecule has 0 fully saturated rings. The van der Waals surface area contributed by atoms with Crippen molar-refractivity contribution in [3.63, 3.8) is 0 Å². The zero-order valence-corrected chi connectivity index (χ0v) is 15.8. The summed E-state index contributed by atoms with van der Waals surface area (Å²) in [6, 6.07) is 10.9. The van der Waals surface area contributed by atoms with Crippen LogP contribution in [0.1, 0.15) is 29.5 Å². The highest BCUT2D eigenvalue weighted by molar-refractivity contribution is 5.97. The predicted octanol–water partition coefficient (Wildman–Crippen LogP) is 2.53. The van der Waals surface area contributed by atoms with E-state index in [1.165, 1.54) is 21.9 Å². The van der Waals surface area contributed by atoms with Gasteiger partial charge in [0.1, 0.15) is 11.9 Å². The fourth-order valence-corrected chi connectivity index (χ4v) is 4.13. The first-order chi connectivity index (χ1) is 13.9. The quantitative estimate of drug-likeness (QED) is 0.862. The van der Waals surface area contributed by atoms with Crippen molar-refractivity contribution in [1.82, 2.24) is 4.90 Å². The first-order valence-corrected chi connectivity index (χ1v) is 9.62. The molecule has 2 heterocycles. The Bertz CT molecular complexity index is 991. The number of anilines is 1. The van der Waals surface area contributed by atoms with Gasteiger partial charge in [-0.05, 0) is 41.3 Å². The molecule has 6 nitrogen and oxygen atoms in total. The summed E-state index contributed by atoms with van der Waals surface area (Å²) in [7, 11) is 0. The highest BCUT2D eigenvalue weighted by Gasteiger charge is 2.35. The van der Waals surface area contributed by atoms with Crippen LogP contribution >= 0.6 is 0 Å². The molecule has 0 saturated heterocycles. The number of carbonyl (C=O) groups is 3. The molecule has 2 aliphatic rings. The number of fused-ring (bicyclic) bond motifs is 2. The van der Waals surface area contributed by atoms with Gasteiger partial charge in [-0.3, -0.25) is 9.59 Å². The highest BCUT2D eigenvalue weighted by atomic mass is 19.1. The molecular weight excluding hydrogens is 375 g/mol. The lowest BCUT2D eigenvalue weighted by Crippen LogP contribution is -2.49. The number of nitrogens with zero attached hydrogens (tertiary/aromatic N) is 2. The van der Waals surface area contributed by atoms with Gasteiger partial charge in [0.15, 0.2) is 0 Å². The molecule has 1 atom stereocenters. The maximum Gasteiger partial charge on any atom is 0.326 e. The summed E-state index contributed by atoms with van der Waals surface area (Å²) in [5.41, 5.74) is 3.24. The summed E-state index contributed by atoms with van der Waals surface area (Å²) >= 11 is 0. The number of aryl methyl sites for hydroxylation is 1. The molecule has 2 aromatic rings. The van der Waals surface area contributed by atoms with Gasteiger partial charge < -0.3 is 14.9 Å². The van der Waals surface area contributed by atoms with E-state index in [9.17, 15) is 23.9 Å². The van der Waals surface area contributed by atoms with Gasteiger partial charge in [-0.1, -0.05) is 24.3 Å². The minimum absolute atomic E-state index is 0.00844. The van der Waals surface area contributed by atoms with Crippen LogP contribution in [0.2, 0.25) is 0 Å². The Morgan fingerprint density at radius 2 is 1.83 bits per heavy atom. The van der Waals surface area contributed by atoms with Crippen LogP contribution in [0.4, 0.5) is 10.1 Å². The second-order valence-corrected chi connectivity index (χ2v) is 7.42. The zero-order chi connectivity index (χ0) is 20.5. The Balaban J connectivity index is 1.51. The van der Waals surface area contributed by atoms with E-state index in [1.807, 2.05) is 24.3 Å². The molecule has 0 saturated carbocycles. The van der Waals surface area contributed by atoms with E-state index < -0.39 is 12.0 Å². The number of carboxylic acids is 1. The number of hydrogen-bond donors (Lipinski definition) is 1. The standard InChI is InChI=1S/C22H21FN2O4/c23-17-6-7-18-15(11-17)5-8-20(26)24(18)10-9-21(27)25-13-16-4-2-1-3-14(16)12-19(25)22(28)29/h1-4,6-7,11,19H,5,8-10,12-13H2,(H,28,29). The minimum atomic E-state index is -1.04. The summed E-state index contributed by atoms with van der Waals surface area (Å²) in [5, 5.41) is 9.60. The maximum absolute atomic E-state index is 13.5. The number of aliphatic carboxylic acids is 1. The van der Waals surface area contributed by atoms with Crippen molar-refractivity contribution in [2.24, 2.45) is 0 Å². The fraction of sp³-hybridized carbons (Fsp3) is 0.318. The van der Waals surface area contributed by atoms with Gasteiger partial charge in [0.2, 0.25) is 11.8 Å². The molecule has 1 N–H and O–H groups in total. The summed E-state index contributed by atoms with van der Waals surface area (Å²) in [5.74, 6) is -1.82. The second-order valence-electron chi connectivity index (χ2n) is 7.42. The van der Waals surface area contributed by atoms with Crippen molar-refractivity contribution >= 4 is 23.5 Å². The lowest BCUT2D eigenvalue weighted by atomic mass is 9.93. The average Bonchev–Trinajstić information content (AvgIpc) is 2.71. The Hall–Kier alpha value is -3.22. The predicted molar refractivity (Wildman–Crippen MR) is 104 cm³/mol. The van der Waals surface area contributed by atoms with Crippen molar-refractivity contribution < 1.29 is 23.9 Å². The summed E-state index contributed by atoms with van der Waals surface area (Å²) in [6.07, 6.45) is 1.01. The maximum atomic E-state index is 13.5. The van der Waals surface area contributed by atoms with Crippen molar-refractivity contribution in [2.45, 2.75) is 38.3 Å². The van der Waals surface area contributed by atoms with Gasteiger partial charge in [0, 0.05) is 38.0 Å². The van der Waals surface area contributed by atoms with Crippen LogP contribution in [0, 0.1) is 5.82 Å². The average molecular weight is 396 g/mol. The van der Waals surface area contributed by atoms with Gasteiger partial charge in [-0.15, -0.1) is 0 Å². The largest absolute Gasteiger partial charge is 0.480 e. The van der Waals surface area contributed by atoms with Gasteiger partial charge in [-0.2, -0.15) is 0 Å². The highest BCUT2D eigenvalue weighted by Crippen LogP contribution is 2.29. The third-order valence-electron chi connectivity index (χ3n) is 5.64. The molecule has 150 valence electrons. The van der Waals surface area contributed by atoms with Gasteiger partial charge >= 0.3 is 5.97 Å². The molecule has 2 aromatic carbocycles. The Kier molecular flexibility index (Phi) is 5.05. The van der Waals surface area contributed by atoms with E-state index in [2.05, 4.69) is 0 Å². The molecule has 29 heavy (non-hydrogen) atoms. The van der Waals surface area contributed by atoms with E-state index >= 15 is 0 Å². The number of rotatable bonds is 4. The van der Waals surface area contributed by atoms with Crippen LogP contribution in [0.3, 0.4) is 0 Å². The van der Waals surface area contributed by atoms with Gasteiger partial charge in [0.25, 0.3) is 0 Å². The smallest absolute Gasteiger partial charge is 0.326 e. The molecule has 0 aromatic heterocycles. The second kappa shape index (κ2) is 7.66. The monoisotopic (exact) mass is 396 g/mol. The lowest BCUT2D eigenvalue weighted by Gasteiger charge is -2.35. The molecule has 7 heteroatoms. The van der Waals surface area contributed by atoms with Crippen LogP contribution in [0.5, 0.6) is 0 Å². The van der Waals surface area contributed by atoms with Crippen molar-refractivity contribution in [3.8, 4) is 0 Å². The summed E-state index contributed by atoms with van der Waals surface area (Å²) in [6.45, 7) is 0.377. The molecule has 4 rings (SSSR count). The molecule has 2 amide bonds. The number of halogens is 1. The van der Waals surface area contributed by atoms with E-state index in [0.717, 1.165) is 16.7 Å². The molecule has 0 radical (unpaired) electrons. The molecule has 1 unspecified atom stereocenters. The molecule has 2 aliphatic heterocycles. The Labute approximate surface area is 167 Å². The molecular formula is C22H21FN2O4. The SMILES string of the molecule is O=C(O)C1Cc2ccccc2CN1C(=O)CCN1C(=O)CCc2cc(F)ccc21. The van der Waals surface area contributed by atoms with Crippen LogP contribution in [-0.4, -0.2) is 40.4 Å². The number of hydrogen-bond acceptors (Lipinski definition) is 3. The number of carboxylic acid groups (broad SMARTS) is 1. The summed E-state index contributed by atoms with van der Waals surface area (Å²) < 4.78 is 13.5. The normalized spacial score (nSPS) is 18.2. The van der Waals surface area contributed by atoms with Crippen molar-refractivity contribution in [2.75, 3.05) is 11.4 Å². The lowest BCUT2D eigenvalue weighted by molar-refractivity contribution is -0.151. The van der Waals surface area contributed by atoms with Crippen LogP contribution in [0.25, 0.3) is 0 Å². The number of benzene rings is 2. The van der Waals surface area contributed by atoms with Gasteiger partial charge in [-0.25, -0.2) is 9.18 Å². The molecule has 0 spiro atoms. The number of amides is 2. The van der Waals surface area contributed by atoms with Crippen LogP contribution < -0.4 is 4.90 Å². The van der Waals surface area contributed by atoms with Gasteiger partial charge in [0.05, 0.1) is 0 Å². The first kappa shape index (κ1) is 19.1. The van der Waals surface area contributed by atoms with Crippen molar-refractivity contribution in [1.29, 1.82) is 0 Å². The summed E-state index contributed by atoms with van der Waals surface area (Å²) in [4.78, 5) is 39.9. The number of carbonyl (C=O) groups excluding carboxylic acids is 2. The first-order valence-electron chi connectivity index (χ1n) is 9.62. The Morgan fingerprint density at radius 3 is 2.59 bits per heavy atom. The van der Waals surface area contributed by atoms with E-state index in [0.29, 0.717) is 12.1 Å².